The number of alkyl halides is 3. The monoisotopic (exact) mass is 371 g/mol. The molecule has 0 aliphatic heterocycles. The van der Waals surface area contributed by atoms with Gasteiger partial charge in [0.2, 0.25) is 0 Å². The van der Waals surface area contributed by atoms with Gasteiger partial charge in [0.1, 0.15) is 5.82 Å². The van der Waals surface area contributed by atoms with Crippen LogP contribution >= 0.6 is 0 Å². The first-order chi connectivity index (χ1) is 12.7. The zero-order valence-corrected chi connectivity index (χ0v) is 14.6. The van der Waals surface area contributed by atoms with E-state index in [9.17, 15) is 18.0 Å². The molecular formula is C20H16F3N3O. The maximum absolute atomic E-state index is 12.8. The Morgan fingerprint density at radius 2 is 1.70 bits per heavy atom. The third-order valence-electron chi connectivity index (χ3n) is 3.87. The molecule has 2 heterocycles. The Bertz CT molecular complexity index is 962. The van der Waals surface area contributed by atoms with E-state index in [0.29, 0.717) is 16.9 Å². The minimum Gasteiger partial charge on any atom is -0.307 e. The second kappa shape index (κ2) is 7.19. The van der Waals surface area contributed by atoms with E-state index in [0.717, 1.165) is 29.6 Å². The van der Waals surface area contributed by atoms with Crippen molar-refractivity contribution < 1.29 is 18.0 Å². The number of halogens is 3. The summed E-state index contributed by atoms with van der Waals surface area (Å²) < 4.78 is 38.5. The van der Waals surface area contributed by atoms with E-state index in [1.807, 2.05) is 19.9 Å². The van der Waals surface area contributed by atoms with Crippen molar-refractivity contribution in [1.29, 1.82) is 0 Å². The molecule has 0 aliphatic rings. The van der Waals surface area contributed by atoms with Crippen LogP contribution in [0.4, 0.5) is 19.0 Å². The zero-order valence-electron chi connectivity index (χ0n) is 14.6. The van der Waals surface area contributed by atoms with Crippen molar-refractivity contribution in [2.24, 2.45) is 0 Å². The molecule has 1 aromatic carbocycles. The lowest BCUT2D eigenvalue weighted by molar-refractivity contribution is -0.137. The fourth-order valence-electron chi connectivity index (χ4n) is 2.65. The number of hydrogen-bond donors (Lipinski definition) is 1. The van der Waals surface area contributed by atoms with Crippen molar-refractivity contribution >= 4 is 11.7 Å². The lowest BCUT2D eigenvalue weighted by Crippen LogP contribution is -2.13. The van der Waals surface area contributed by atoms with Gasteiger partial charge in [-0.3, -0.25) is 9.78 Å². The first-order valence-electron chi connectivity index (χ1n) is 8.13. The van der Waals surface area contributed by atoms with E-state index in [-0.39, 0.29) is 11.6 Å². The molecule has 138 valence electrons. The molecule has 0 fully saturated rings. The SMILES string of the molecule is Cc1cc(C)nc(NC(=O)c2ccc(-c3cc(C(F)(F)F)ccn3)cc2)c1. The van der Waals surface area contributed by atoms with Crippen molar-refractivity contribution in [2.45, 2.75) is 20.0 Å². The first kappa shape index (κ1) is 18.6. The molecule has 0 radical (unpaired) electrons. The number of hydrogen-bond acceptors (Lipinski definition) is 3. The minimum absolute atomic E-state index is 0.188. The summed E-state index contributed by atoms with van der Waals surface area (Å²) in [5.41, 5.74) is 2.04. The number of aryl methyl sites for hydroxylation is 2. The van der Waals surface area contributed by atoms with E-state index in [4.69, 9.17) is 0 Å². The smallest absolute Gasteiger partial charge is 0.307 e. The molecule has 3 aromatic rings. The average Bonchev–Trinajstić information content (AvgIpc) is 2.60. The van der Waals surface area contributed by atoms with Crippen LogP contribution in [0.1, 0.15) is 27.2 Å². The summed E-state index contributed by atoms with van der Waals surface area (Å²) in [6.07, 6.45) is -3.32. The Balaban J connectivity index is 1.80. The predicted octanol–water partition coefficient (Wildman–Crippen LogP) is 5.03. The number of anilines is 1. The quantitative estimate of drug-likeness (QED) is 0.702. The lowest BCUT2D eigenvalue weighted by Gasteiger charge is -2.09. The van der Waals surface area contributed by atoms with Gasteiger partial charge in [-0.2, -0.15) is 13.2 Å². The van der Waals surface area contributed by atoms with Gasteiger partial charge >= 0.3 is 6.18 Å². The van der Waals surface area contributed by atoms with Crippen molar-refractivity contribution in [3.8, 4) is 11.3 Å². The van der Waals surface area contributed by atoms with Crippen LogP contribution in [0.5, 0.6) is 0 Å². The zero-order chi connectivity index (χ0) is 19.6. The Morgan fingerprint density at radius 3 is 2.33 bits per heavy atom. The van der Waals surface area contributed by atoms with Crippen LogP contribution in [0, 0.1) is 13.8 Å². The molecule has 27 heavy (non-hydrogen) atoms. The van der Waals surface area contributed by atoms with Gasteiger partial charge in [0.25, 0.3) is 5.91 Å². The molecule has 1 N–H and O–H groups in total. The van der Waals surface area contributed by atoms with Crippen molar-refractivity contribution in [2.75, 3.05) is 5.32 Å². The Labute approximate surface area is 154 Å². The summed E-state index contributed by atoms with van der Waals surface area (Å²) in [5.74, 6) is 0.0946. The number of rotatable bonds is 3. The molecular weight excluding hydrogens is 355 g/mol. The van der Waals surface area contributed by atoms with Gasteiger partial charge in [0.05, 0.1) is 11.3 Å². The number of nitrogens with zero attached hydrogens (tertiary/aromatic N) is 2. The van der Waals surface area contributed by atoms with Gasteiger partial charge < -0.3 is 5.32 Å². The van der Waals surface area contributed by atoms with Crippen molar-refractivity contribution in [3.05, 3.63) is 77.1 Å². The Morgan fingerprint density at radius 1 is 1.00 bits per heavy atom. The fourth-order valence-corrected chi connectivity index (χ4v) is 2.65. The molecule has 0 unspecified atom stereocenters. The number of benzene rings is 1. The summed E-state index contributed by atoms with van der Waals surface area (Å²) in [6, 6.07) is 11.7. The minimum atomic E-state index is -4.43. The van der Waals surface area contributed by atoms with Gasteiger partial charge in [-0.15, -0.1) is 0 Å². The van der Waals surface area contributed by atoms with Gasteiger partial charge in [-0.1, -0.05) is 12.1 Å². The highest BCUT2D eigenvalue weighted by Crippen LogP contribution is 2.31. The molecule has 0 aliphatic carbocycles. The summed E-state index contributed by atoms with van der Waals surface area (Å²) in [6.45, 7) is 3.74. The normalized spacial score (nSPS) is 11.3. The van der Waals surface area contributed by atoms with Crippen LogP contribution in [-0.4, -0.2) is 15.9 Å². The number of carbonyl (C=O) groups is 1. The van der Waals surface area contributed by atoms with Crippen LogP contribution in [0.15, 0.2) is 54.7 Å². The lowest BCUT2D eigenvalue weighted by atomic mass is 10.1. The second-order valence-electron chi connectivity index (χ2n) is 6.13. The average molecular weight is 371 g/mol. The third-order valence-corrected chi connectivity index (χ3v) is 3.87. The van der Waals surface area contributed by atoms with Crippen LogP contribution in [0.25, 0.3) is 11.3 Å². The maximum Gasteiger partial charge on any atom is 0.416 e. The van der Waals surface area contributed by atoms with Gasteiger partial charge in [0, 0.05) is 23.0 Å². The number of amides is 1. The molecule has 0 spiro atoms. The van der Waals surface area contributed by atoms with E-state index < -0.39 is 11.7 Å². The molecule has 0 saturated heterocycles. The highest BCUT2D eigenvalue weighted by Gasteiger charge is 2.30. The number of aromatic nitrogens is 2. The molecule has 0 bridgehead atoms. The van der Waals surface area contributed by atoms with Crippen LogP contribution in [0.2, 0.25) is 0 Å². The van der Waals surface area contributed by atoms with E-state index in [1.54, 1.807) is 18.2 Å². The van der Waals surface area contributed by atoms with Gasteiger partial charge in [-0.25, -0.2) is 4.98 Å². The standard InChI is InChI=1S/C20H16F3N3O/c1-12-9-13(2)25-18(10-12)26-19(27)15-5-3-14(4-6-15)17-11-16(7-8-24-17)20(21,22)23/h3-11H,1-2H3,(H,25,26,27). The number of pyridine rings is 2. The molecule has 0 saturated carbocycles. The van der Waals surface area contributed by atoms with Crippen molar-refractivity contribution in [1.82, 2.24) is 9.97 Å². The highest BCUT2D eigenvalue weighted by molar-refractivity contribution is 6.04. The maximum atomic E-state index is 12.8. The molecule has 4 nitrogen and oxygen atoms in total. The third kappa shape index (κ3) is 4.49. The summed E-state index contributed by atoms with van der Waals surface area (Å²) >= 11 is 0. The van der Waals surface area contributed by atoms with E-state index in [1.165, 1.54) is 12.1 Å². The van der Waals surface area contributed by atoms with E-state index in [2.05, 4.69) is 15.3 Å². The summed E-state index contributed by atoms with van der Waals surface area (Å²) in [5, 5.41) is 2.71. The second-order valence-corrected chi connectivity index (χ2v) is 6.13. The Kier molecular flexibility index (Phi) is 4.94. The predicted molar refractivity (Wildman–Crippen MR) is 96.3 cm³/mol. The topological polar surface area (TPSA) is 54.9 Å². The van der Waals surface area contributed by atoms with Gasteiger partial charge in [0.15, 0.2) is 0 Å². The van der Waals surface area contributed by atoms with E-state index >= 15 is 0 Å². The van der Waals surface area contributed by atoms with Gasteiger partial charge in [-0.05, 0) is 55.8 Å². The fraction of sp³-hybridized carbons (Fsp3) is 0.150. The number of carbonyl (C=O) groups excluding carboxylic acids is 1. The molecule has 3 rings (SSSR count). The van der Waals surface area contributed by atoms with Crippen molar-refractivity contribution in [3.63, 3.8) is 0 Å². The largest absolute Gasteiger partial charge is 0.416 e. The molecule has 0 atom stereocenters. The van der Waals surface area contributed by atoms with Crippen LogP contribution in [0.3, 0.4) is 0 Å². The summed E-state index contributed by atoms with van der Waals surface area (Å²) in [4.78, 5) is 20.6. The molecule has 7 heteroatoms. The Hall–Kier alpha value is -3.22. The van der Waals surface area contributed by atoms with Crippen LogP contribution in [-0.2, 0) is 6.18 Å². The summed E-state index contributed by atoms with van der Waals surface area (Å²) in [7, 11) is 0. The molecule has 1 amide bonds. The molecule has 2 aromatic heterocycles. The number of nitrogens with one attached hydrogen (secondary N) is 1. The highest BCUT2D eigenvalue weighted by atomic mass is 19.4. The first-order valence-corrected chi connectivity index (χ1v) is 8.13. The van der Waals surface area contributed by atoms with Crippen LogP contribution < -0.4 is 5.32 Å².